The summed E-state index contributed by atoms with van der Waals surface area (Å²) in [5, 5.41) is 0.648. The standard InChI is InChI=1S/C15H14BrClN2O/c16-12-7-10(17)5-6-11(12)15-18-13(8-14(20)19-15)9-3-1-2-4-9/h5-9H,1-4H2,(H,18,19,20). The second-order valence-electron chi connectivity index (χ2n) is 5.12. The zero-order valence-electron chi connectivity index (χ0n) is 10.8. The maximum absolute atomic E-state index is 11.9. The quantitative estimate of drug-likeness (QED) is 0.863. The molecular formula is C15H14BrClN2O. The molecule has 0 unspecified atom stereocenters. The van der Waals surface area contributed by atoms with Crippen LogP contribution in [0.1, 0.15) is 37.3 Å². The number of halogens is 2. The van der Waals surface area contributed by atoms with Gasteiger partial charge in [0.25, 0.3) is 5.56 Å². The van der Waals surface area contributed by atoms with E-state index in [9.17, 15) is 4.79 Å². The first kappa shape index (κ1) is 13.8. The second-order valence-corrected chi connectivity index (χ2v) is 6.42. The highest BCUT2D eigenvalue weighted by atomic mass is 79.9. The summed E-state index contributed by atoms with van der Waals surface area (Å²) < 4.78 is 0.830. The van der Waals surface area contributed by atoms with Crippen LogP contribution in [0.4, 0.5) is 0 Å². The van der Waals surface area contributed by atoms with E-state index in [0.29, 0.717) is 16.8 Å². The lowest BCUT2D eigenvalue weighted by Gasteiger charge is -2.10. The predicted octanol–water partition coefficient (Wildman–Crippen LogP) is 4.51. The molecule has 1 heterocycles. The first-order valence-corrected chi connectivity index (χ1v) is 7.87. The third-order valence-corrected chi connectivity index (χ3v) is 4.61. The van der Waals surface area contributed by atoms with Crippen molar-refractivity contribution in [2.45, 2.75) is 31.6 Å². The number of aromatic amines is 1. The molecule has 1 aliphatic carbocycles. The van der Waals surface area contributed by atoms with Gasteiger partial charge in [-0.05, 0) is 47.0 Å². The van der Waals surface area contributed by atoms with Crippen LogP contribution in [0.25, 0.3) is 11.4 Å². The van der Waals surface area contributed by atoms with Crippen molar-refractivity contribution in [2.75, 3.05) is 0 Å². The minimum Gasteiger partial charge on any atom is -0.306 e. The van der Waals surface area contributed by atoms with Crippen LogP contribution >= 0.6 is 27.5 Å². The third kappa shape index (κ3) is 2.81. The van der Waals surface area contributed by atoms with E-state index in [1.807, 2.05) is 6.07 Å². The predicted molar refractivity (Wildman–Crippen MR) is 84.2 cm³/mol. The molecule has 1 saturated carbocycles. The summed E-state index contributed by atoms with van der Waals surface area (Å²) in [6.45, 7) is 0. The fourth-order valence-corrected chi connectivity index (χ4v) is 3.59. The van der Waals surface area contributed by atoms with Crippen molar-refractivity contribution in [1.29, 1.82) is 0 Å². The van der Waals surface area contributed by atoms with Crippen molar-refractivity contribution in [3.8, 4) is 11.4 Å². The number of nitrogens with one attached hydrogen (secondary N) is 1. The molecule has 3 nitrogen and oxygen atoms in total. The van der Waals surface area contributed by atoms with E-state index in [-0.39, 0.29) is 5.56 Å². The first-order chi connectivity index (χ1) is 9.63. The number of H-pyrrole nitrogens is 1. The van der Waals surface area contributed by atoms with E-state index in [4.69, 9.17) is 11.6 Å². The van der Waals surface area contributed by atoms with Crippen LogP contribution in [0.15, 0.2) is 33.5 Å². The number of aromatic nitrogens is 2. The summed E-state index contributed by atoms with van der Waals surface area (Å²) in [4.78, 5) is 19.3. The number of hydrogen-bond acceptors (Lipinski definition) is 2. The van der Waals surface area contributed by atoms with Crippen LogP contribution < -0.4 is 5.56 Å². The van der Waals surface area contributed by atoms with Gasteiger partial charge in [-0.25, -0.2) is 4.98 Å². The number of rotatable bonds is 2. The van der Waals surface area contributed by atoms with Crippen LogP contribution in [0.3, 0.4) is 0 Å². The van der Waals surface area contributed by atoms with E-state index in [1.54, 1.807) is 18.2 Å². The Labute approximate surface area is 130 Å². The van der Waals surface area contributed by atoms with Crippen molar-refractivity contribution < 1.29 is 0 Å². The molecule has 0 spiro atoms. The van der Waals surface area contributed by atoms with Gasteiger partial charge in [-0.2, -0.15) is 0 Å². The molecule has 1 N–H and O–H groups in total. The molecule has 0 saturated heterocycles. The molecule has 0 amide bonds. The Balaban J connectivity index is 2.07. The summed E-state index contributed by atoms with van der Waals surface area (Å²) in [5.74, 6) is 1.02. The zero-order valence-corrected chi connectivity index (χ0v) is 13.2. The molecule has 1 aromatic carbocycles. The number of benzene rings is 1. The lowest BCUT2D eigenvalue weighted by molar-refractivity contribution is 0.693. The SMILES string of the molecule is O=c1cc(C2CCCC2)nc(-c2ccc(Cl)cc2Br)[nH]1. The second kappa shape index (κ2) is 5.70. The van der Waals surface area contributed by atoms with E-state index >= 15 is 0 Å². The van der Waals surface area contributed by atoms with Gasteiger partial charge in [0.05, 0.1) is 5.69 Å². The van der Waals surface area contributed by atoms with E-state index in [0.717, 1.165) is 28.6 Å². The fraction of sp³-hybridized carbons (Fsp3) is 0.333. The number of nitrogens with zero attached hydrogens (tertiary/aromatic N) is 1. The Hall–Kier alpha value is -1.13. The van der Waals surface area contributed by atoms with Crippen molar-refractivity contribution in [3.05, 3.63) is 49.8 Å². The van der Waals surface area contributed by atoms with Gasteiger partial charge in [-0.15, -0.1) is 0 Å². The molecule has 0 radical (unpaired) electrons. The molecule has 5 heteroatoms. The number of hydrogen-bond donors (Lipinski definition) is 1. The van der Waals surface area contributed by atoms with Gasteiger partial charge in [-0.3, -0.25) is 4.79 Å². The molecule has 104 valence electrons. The lowest BCUT2D eigenvalue weighted by Crippen LogP contribution is -2.12. The van der Waals surface area contributed by atoms with Crippen molar-refractivity contribution in [3.63, 3.8) is 0 Å². The maximum atomic E-state index is 11.9. The van der Waals surface area contributed by atoms with Crippen LogP contribution in [0.2, 0.25) is 5.02 Å². The van der Waals surface area contributed by atoms with Crippen molar-refractivity contribution in [1.82, 2.24) is 9.97 Å². The van der Waals surface area contributed by atoms with Crippen molar-refractivity contribution >= 4 is 27.5 Å². The fourth-order valence-electron chi connectivity index (χ4n) is 2.72. The van der Waals surface area contributed by atoms with Gasteiger partial charge < -0.3 is 4.98 Å². The van der Waals surface area contributed by atoms with Gasteiger partial charge in [0.2, 0.25) is 0 Å². The summed E-state index contributed by atoms with van der Waals surface area (Å²) in [6, 6.07) is 7.09. The summed E-state index contributed by atoms with van der Waals surface area (Å²) in [7, 11) is 0. The maximum Gasteiger partial charge on any atom is 0.251 e. The molecular weight excluding hydrogens is 340 g/mol. The van der Waals surface area contributed by atoms with E-state index in [2.05, 4.69) is 25.9 Å². The van der Waals surface area contributed by atoms with E-state index in [1.165, 1.54) is 12.8 Å². The van der Waals surface area contributed by atoms with Gasteiger partial charge in [0.15, 0.2) is 0 Å². The highest BCUT2D eigenvalue weighted by Crippen LogP contribution is 2.34. The Morgan fingerprint density at radius 1 is 1.25 bits per heavy atom. The zero-order chi connectivity index (χ0) is 14.1. The molecule has 0 bridgehead atoms. The minimum atomic E-state index is -0.0984. The molecule has 0 atom stereocenters. The van der Waals surface area contributed by atoms with Gasteiger partial charge in [0, 0.05) is 27.0 Å². The van der Waals surface area contributed by atoms with Gasteiger partial charge in [-0.1, -0.05) is 24.4 Å². The molecule has 1 fully saturated rings. The highest BCUT2D eigenvalue weighted by Gasteiger charge is 2.20. The molecule has 20 heavy (non-hydrogen) atoms. The van der Waals surface area contributed by atoms with E-state index < -0.39 is 0 Å². The largest absolute Gasteiger partial charge is 0.306 e. The smallest absolute Gasteiger partial charge is 0.251 e. The first-order valence-electron chi connectivity index (χ1n) is 6.70. The molecule has 2 aromatic rings. The van der Waals surface area contributed by atoms with Crippen LogP contribution in [0.5, 0.6) is 0 Å². The van der Waals surface area contributed by atoms with Crippen LogP contribution in [-0.2, 0) is 0 Å². The molecule has 3 rings (SSSR count). The Morgan fingerprint density at radius 2 is 2.00 bits per heavy atom. The van der Waals surface area contributed by atoms with Crippen LogP contribution in [0, 0.1) is 0 Å². The Kier molecular flexibility index (Phi) is 3.94. The Morgan fingerprint density at radius 3 is 2.70 bits per heavy atom. The Bertz CT molecular complexity index is 693. The third-order valence-electron chi connectivity index (χ3n) is 3.72. The lowest BCUT2D eigenvalue weighted by atomic mass is 10.0. The molecule has 0 aliphatic heterocycles. The minimum absolute atomic E-state index is 0.0984. The normalized spacial score (nSPS) is 15.7. The topological polar surface area (TPSA) is 45.8 Å². The van der Waals surface area contributed by atoms with Crippen molar-refractivity contribution in [2.24, 2.45) is 0 Å². The summed E-state index contributed by atoms with van der Waals surface area (Å²) in [5.41, 5.74) is 1.66. The molecule has 1 aromatic heterocycles. The van der Waals surface area contributed by atoms with Crippen LogP contribution in [-0.4, -0.2) is 9.97 Å². The van der Waals surface area contributed by atoms with Gasteiger partial charge >= 0.3 is 0 Å². The summed E-state index contributed by atoms with van der Waals surface area (Å²) >= 11 is 9.42. The average Bonchev–Trinajstić information content (AvgIpc) is 2.91. The van der Waals surface area contributed by atoms with Gasteiger partial charge in [0.1, 0.15) is 5.82 Å². The highest BCUT2D eigenvalue weighted by molar-refractivity contribution is 9.10. The summed E-state index contributed by atoms with van der Waals surface area (Å²) in [6.07, 6.45) is 4.69. The monoisotopic (exact) mass is 352 g/mol. The average molecular weight is 354 g/mol. The molecule has 1 aliphatic rings.